The van der Waals surface area contributed by atoms with Crippen LogP contribution in [0.3, 0.4) is 0 Å². The third-order valence-corrected chi connectivity index (χ3v) is 4.14. The molecule has 1 aromatic carbocycles. The van der Waals surface area contributed by atoms with Crippen LogP contribution in [0, 0.1) is 13.8 Å². The summed E-state index contributed by atoms with van der Waals surface area (Å²) in [6.45, 7) is 3.54. The Bertz CT molecular complexity index is 757. The van der Waals surface area contributed by atoms with E-state index in [4.69, 9.17) is 5.73 Å². The lowest BCUT2D eigenvalue weighted by Crippen LogP contribution is -2.14. The molecular weight excluding hydrogens is 278 g/mol. The first-order valence-corrected chi connectivity index (χ1v) is 7.33. The van der Waals surface area contributed by atoms with Gasteiger partial charge in [-0.05, 0) is 44.2 Å². The minimum Gasteiger partial charge on any atom is -0.506 e. The molecule has 106 valence electrons. The number of nitrogens with one attached hydrogen (secondary N) is 1. The summed E-state index contributed by atoms with van der Waals surface area (Å²) in [5.41, 5.74) is 7.31. The van der Waals surface area contributed by atoms with Crippen LogP contribution in [0.2, 0.25) is 0 Å². The fraction of sp³-hybridized carbons (Fsp3) is 0.154. The van der Waals surface area contributed by atoms with Gasteiger partial charge in [-0.15, -0.1) is 0 Å². The van der Waals surface area contributed by atoms with Crippen LogP contribution < -0.4 is 10.5 Å². The monoisotopic (exact) mass is 293 g/mol. The fourth-order valence-corrected chi connectivity index (χ4v) is 2.85. The molecule has 0 atom stereocenters. The highest BCUT2D eigenvalue weighted by Gasteiger charge is 2.16. The van der Waals surface area contributed by atoms with Gasteiger partial charge in [0.2, 0.25) is 0 Å². The Hall–Kier alpha value is -2.28. The van der Waals surface area contributed by atoms with Crippen molar-refractivity contribution in [2.75, 3.05) is 10.5 Å². The Morgan fingerprint density at radius 1 is 1.20 bits per heavy atom. The molecule has 0 unspecified atom stereocenters. The number of sulfonamides is 1. The maximum Gasteiger partial charge on any atom is 0.262 e. The van der Waals surface area contributed by atoms with Crippen molar-refractivity contribution in [3.63, 3.8) is 0 Å². The van der Waals surface area contributed by atoms with Gasteiger partial charge >= 0.3 is 0 Å². The molecule has 0 radical (unpaired) electrons. The first-order chi connectivity index (χ1) is 9.29. The number of rotatable bonds is 3. The Balaban J connectivity index is 2.38. The molecule has 1 heterocycles. The number of aromatic hydroxyl groups is 1. The van der Waals surface area contributed by atoms with Crippen molar-refractivity contribution >= 4 is 21.4 Å². The number of nitrogens with two attached hydrogens (primary N) is 1. The Morgan fingerprint density at radius 3 is 2.50 bits per heavy atom. The zero-order valence-electron chi connectivity index (χ0n) is 11.1. The van der Waals surface area contributed by atoms with E-state index >= 15 is 0 Å². The molecule has 0 aliphatic heterocycles. The summed E-state index contributed by atoms with van der Waals surface area (Å²) in [6.07, 6.45) is 0. The van der Waals surface area contributed by atoms with Crippen LogP contribution in [0.1, 0.15) is 11.4 Å². The summed E-state index contributed by atoms with van der Waals surface area (Å²) in [5.74, 6) is -0.155. The largest absolute Gasteiger partial charge is 0.506 e. The van der Waals surface area contributed by atoms with E-state index in [-0.39, 0.29) is 16.3 Å². The van der Waals surface area contributed by atoms with Crippen molar-refractivity contribution in [1.29, 1.82) is 0 Å². The molecule has 0 saturated heterocycles. The van der Waals surface area contributed by atoms with Crippen molar-refractivity contribution < 1.29 is 13.5 Å². The van der Waals surface area contributed by atoms with Crippen LogP contribution in [0.25, 0.3) is 0 Å². The predicted molar refractivity (Wildman–Crippen MR) is 77.0 cm³/mol. The van der Waals surface area contributed by atoms with E-state index in [9.17, 15) is 13.5 Å². The summed E-state index contributed by atoms with van der Waals surface area (Å²) in [4.78, 5) is 4.17. The van der Waals surface area contributed by atoms with E-state index < -0.39 is 10.0 Å². The van der Waals surface area contributed by atoms with Crippen molar-refractivity contribution in [3.05, 3.63) is 41.7 Å². The number of aromatic nitrogens is 1. The second kappa shape index (κ2) is 5.01. The molecule has 0 bridgehead atoms. The summed E-state index contributed by atoms with van der Waals surface area (Å²) < 4.78 is 26.9. The maximum atomic E-state index is 12.2. The number of pyridine rings is 1. The summed E-state index contributed by atoms with van der Waals surface area (Å²) in [7, 11) is -3.77. The van der Waals surface area contributed by atoms with Gasteiger partial charge in [-0.1, -0.05) is 0 Å². The van der Waals surface area contributed by atoms with E-state index in [0.29, 0.717) is 11.4 Å². The number of phenolic OH excluding ortho intramolecular Hbond substituents is 1. The first kappa shape index (κ1) is 14.1. The van der Waals surface area contributed by atoms with Crippen molar-refractivity contribution in [1.82, 2.24) is 4.98 Å². The molecule has 4 N–H and O–H groups in total. The van der Waals surface area contributed by atoms with E-state index in [2.05, 4.69) is 9.71 Å². The zero-order chi connectivity index (χ0) is 14.9. The highest BCUT2D eigenvalue weighted by Crippen LogP contribution is 2.25. The maximum absolute atomic E-state index is 12.2. The van der Waals surface area contributed by atoms with Gasteiger partial charge in [0.1, 0.15) is 5.75 Å². The molecule has 2 rings (SSSR count). The summed E-state index contributed by atoms with van der Waals surface area (Å²) >= 11 is 0. The van der Waals surface area contributed by atoms with Gasteiger partial charge in [0.15, 0.2) is 0 Å². The molecular formula is C13H15N3O3S. The number of nitrogen functional groups attached to an aromatic ring is 1. The van der Waals surface area contributed by atoms with Crippen molar-refractivity contribution in [2.45, 2.75) is 18.7 Å². The van der Waals surface area contributed by atoms with Gasteiger partial charge in [-0.25, -0.2) is 8.42 Å². The minimum absolute atomic E-state index is 0.00614. The van der Waals surface area contributed by atoms with E-state index in [0.717, 1.165) is 5.69 Å². The second-order valence-electron chi connectivity index (χ2n) is 4.41. The molecule has 0 fully saturated rings. The highest BCUT2D eigenvalue weighted by atomic mass is 32.2. The molecule has 0 spiro atoms. The average molecular weight is 293 g/mol. The topological polar surface area (TPSA) is 105 Å². The Kier molecular flexibility index (Phi) is 3.54. The van der Waals surface area contributed by atoms with Crippen molar-refractivity contribution in [2.24, 2.45) is 0 Å². The first-order valence-electron chi connectivity index (χ1n) is 5.85. The number of nitrogens with zero attached hydrogens (tertiary/aromatic N) is 1. The molecule has 1 aromatic heterocycles. The van der Waals surface area contributed by atoms with Gasteiger partial charge in [-0.2, -0.15) is 0 Å². The molecule has 0 amide bonds. The van der Waals surface area contributed by atoms with E-state index in [1.54, 1.807) is 19.1 Å². The standard InChI is InChI=1S/C13H15N3O3S/c1-8-3-5-12(9(2)15-8)16-20(18,19)10-4-6-13(17)11(14)7-10/h3-7,16-17H,14H2,1-2H3. The van der Waals surface area contributed by atoms with Crippen LogP contribution in [0.5, 0.6) is 5.75 Å². The molecule has 20 heavy (non-hydrogen) atoms. The number of phenols is 1. The van der Waals surface area contributed by atoms with Crippen LogP contribution in [-0.4, -0.2) is 18.5 Å². The third kappa shape index (κ3) is 2.83. The van der Waals surface area contributed by atoms with Gasteiger partial charge in [-0.3, -0.25) is 9.71 Å². The SMILES string of the molecule is Cc1ccc(NS(=O)(=O)c2ccc(O)c(N)c2)c(C)n1. The molecule has 0 saturated carbocycles. The Morgan fingerprint density at radius 2 is 1.90 bits per heavy atom. The minimum atomic E-state index is -3.77. The molecule has 2 aromatic rings. The van der Waals surface area contributed by atoms with Crippen LogP contribution in [0.15, 0.2) is 35.2 Å². The predicted octanol–water partition coefficient (Wildman–Crippen LogP) is 1.79. The number of aryl methyl sites for hydroxylation is 2. The summed E-state index contributed by atoms with van der Waals surface area (Å²) in [5, 5.41) is 9.32. The van der Waals surface area contributed by atoms with Gasteiger partial charge < -0.3 is 10.8 Å². The summed E-state index contributed by atoms with van der Waals surface area (Å²) in [6, 6.07) is 7.10. The van der Waals surface area contributed by atoms with E-state index in [1.165, 1.54) is 18.2 Å². The third-order valence-electron chi connectivity index (χ3n) is 2.78. The second-order valence-corrected chi connectivity index (χ2v) is 6.09. The lowest BCUT2D eigenvalue weighted by Gasteiger charge is -2.11. The number of anilines is 2. The molecule has 0 aliphatic rings. The van der Waals surface area contributed by atoms with Crippen LogP contribution >= 0.6 is 0 Å². The average Bonchev–Trinajstić information content (AvgIpc) is 2.36. The smallest absolute Gasteiger partial charge is 0.262 e. The van der Waals surface area contributed by atoms with Gasteiger partial charge in [0.05, 0.1) is 22.0 Å². The lowest BCUT2D eigenvalue weighted by atomic mass is 10.3. The highest BCUT2D eigenvalue weighted by molar-refractivity contribution is 7.92. The molecule has 7 heteroatoms. The lowest BCUT2D eigenvalue weighted by molar-refractivity contribution is 0.477. The quantitative estimate of drug-likeness (QED) is 0.591. The number of hydrogen-bond acceptors (Lipinski definition) is 5. The fourth-order valence-electron chi connectivity index (χ4n) is 1.70. The number of hydrogen-bond donors (Lipinski definition) is 3. The Labute approximate surface area is 117 Å². The van der Waals surface area contributed by atoms with Gasteiger partial charge in [0, 0.05) is 5.69 Å². The van der Waals surface area contributed by atoms with E-state index in [1.807, 2.05) is 6.92 Å². The van der Waals surface area contributed by atoms with Crippen LogP contribution in [-0.2, 0) is 10.0 Å². The normalized spacial score (nSPS) is 11.3. The zero-order valence-corrected chi connectivity index (χ0v) is 11.9. The molecule has 0 aliphatic carbocycles. The van der Waals surface area contributed by atoms with Gasteiger partial charge in [0.25, 0.3) is 10.0 Å². The molecule has 6 nitrogen and oxygen atoms in total. The van der Waals surface area contributed by atoms with Crippen molar-refractivity contribution in [3.8, 4) is 5.75 Å². The van der Waals surface area contributed by atoms with Crippen LogP contribution in [0.4, 0.5) is 11.4 Å². The number of benzene rings is 1.